The van der Waals surface area contributed by atoms with Crippen molar-refractivity contribution in [1.82, 2.24) is 5.32 Å². The SMILES string of the molecule is CNC(Cc1ccsc1)c1c(F)cccc1OC. The Morgan fingerprint density at radius 2 is 2.22 bits per heavy atom. The van der Waals surface area contributed by atoms with Crippen LogP contribution in [0.4, 0.5) is 4.39 Å². The van der Waals surface area contributed by atoms with Crippen LogP contribution in [0.1, 0.15) is 17.2 Å². The molecular formula is C14H16FNOS. The average molecular weight is 265 g/mol. The van der Waals surface area contributed by atoms with E-state index in [1.165, 1.54) is 11.6 Å². The van der Waals surface area contributed by atoms with Crippen molar-refractivity contribution in [3.63, 3.8) is 0 Å². The van der Waals surface area contributed by atoms with Gasteiger partial charge in [-0.25, -0.2) is 4.39 Å². The lowest BCUT2D eigenvalue weighted by Crippen LogP contribution is -2.20. The zero-order valence-corrected chi connectivity index (χ0v) is 11.3. The van der Waals surface area contributed by atoms with Crippen molar-refractivity contribution in [3.05, 3.63) is 52.0 Å². The van der Waals surface area contributed by atoms with Crippen LogP contribution < -0.4 is 10.1 Å². The van der Waals surface area contributed by atoms with Crippen LogP contribution in [0.15, 0.2) is 35.0 Å². The predicted octanol–water partition coefficient (Wildman–Crippen LogP) is 3.40. The smallest absolute Gasteiger partial charge is 0.131 e. The summed E-state index contributed by atoms with van der Waals surface area (Å²) in [5.74, 6) is 0.355. The van der Waals surface area contributed by atoms with Crippen LogP contribution in [0, 0.1) is 5.82 Å². The molecular weight excluding hydrogens is 249 g/mol. The Hall–Kier alpha value is -1.39. The van der Waals surface area contributed by atoms with Crippen molar-refractivity contribution in [2.24, 2.45) is 0 Å². The number of likely N-dealkylation sites (N-methyl/N-ethyl adjacent to an activating group) is 1. The number of hydrogen-bond donors (Lipinski definition) is 1. The van der Waals surface area contributed by atoms with Crippen LogP contribution in [-0.4, -0.2) is 14.2 Å². The molecule has 1 aromatic heterocycles. The third kappa shape index (κ3) is 2.71. The number of halogens is 1. The number of methoxy groups -OCH3 is 1. The number of ether oxygens (including phenoxy) is 1. The van der Waals surface area contributed by atoms with Crippen LogP contribution in [0.5, 0.6) is 5.75 Å². The van der Waals surface area contributed by atoms with Crippen molar-refractivity contribution in [2.45, 2.75) is 12.5 Å². The molecule has 0 fully saturated rings. The molecule has 2 nitrogen and oxygen atoms in total. The third-order valence-corrected chi connectivity index (χ3v) is 3.68. The lowest BCUT2D eigenvalue weighted by atomic mass is 9.99. The van der Waals surface area contributed by atoms with E-state index in [1.807, 2.05) is 12.4 Å². The summed E-state index contributed by atoms with van der Waals surface area (Å²) in [6.07, 6.45) is 0.747. The molecule has 1 heterocycles. The Labute approximate surface area is 110 Å². The highest BCUT2D eigenvalue weighted by Gasteiger charge is 2.19. The molecule has 0 saturated heterocycles. The molecule has 2 rings (SSSR count). The van der Waals surface area contributed by atoms with Crippen molar-refractivity contribution < 1.29 is 9.13 Å². The second kappa shape index (κ2) is 5.98. The topological polar surface area (TPSA) is 21.3 Å². The van der Waals surface area contributed by atoms with E-state index in [0.717, 1.165) is 6.42 Å². The Bertz CT molecular complexity index is 499. The fourth-order valence-electron chi connectivity index (χ4n) is 2.03. The molecule has 0 amide bonds. The maximum atomic E-state index is 14.0. The fraction of sp³-hybridized carbons (Fsp3) is 0.286. The normalized spacial score (nSPS) is 12.4. The zero-order valence-electron chi connectivity index (χ0n) is 10.4. The molecule has 0 aliphatic heterocycles. The Balaban J connectivity index is 2.32. The van der Waals surface area contributed by atoms with Gasteiger partial charge in [0.1, 0.15) is 11.6 Å². The highest BCUT2D eigenvalue weighted by molar-refractivity contribution is 7.07. The Kier molecular flexibility index (Phi) is 4.33. The first-order chi connectivity index (χ1) is 8.76. The van der Waals surface area contributed by atoms with Gasteiger partial charge in [0.2, 0.25) is 0 Å². The second-order valence-electron chi connectivity index (χ2n) is 4.03. The number of thiophene rings is 1. The molecule has 1 atom stereocenters. The van der Waals surface area contributed by atoms with Crippen LogP contribution in [0.25, 0.3) is 0 Å². The molecule has 96 valence electrons. The van der Waals surface area contributed by atoms with Gasteiger partial charge in [-0.15, -0.1) is 0 Å². The Morgan fingerprint density at radius 1 is 1.39 bits per heavy atom. The van der Waals surface area contributed by atoms with Crippen LogP contribution in [0.3, 0.4) is 0 Å². The highest BCUT2D eigenvalue weighted by atomic mass is 32.1. The maximum Gasteiger partial charge on any atom is 0.131 e. The van der Waals surface area contributed by atoms with Gasteiger partial charge in [0.25, 0.3) is 0 Å². The fourth-order valence-corrected chi connectivity index (χ4v) is 2.71. The van der Waals surface area contributed by atoms with Gasteiger partial charge in [-0.1, -0.05) is 6.07 Å². The van der Waals surface area contributed by atoms with E-state index in [9.17, 15) is 4.39 Å². The lowest BCUT2D eigenvalue weighted by molar-refractivity contribution is 0.393. The molecule has 0 spiro atoms. The minimum absolute atomic E-state index is 0.0873. The number of benzene rings is 1. The van der Waals surface area contributed by atoms with Crippen molar-refractivity contribution >= 4 is 11.3 Å². The molecule has 1 aromatic carbocycles. The Morgan fingerprint density at radius 3 is 2.83 bits per heavy atom. The number of rotatable bonds is 5. The summed E-state index contributed by atoms with van der Waals surface area (Å²) >= 11 is 1.65. The molecule has 4 heteroatoms. The summed E-state index contributed by atoms with van der Waals surface area (Å²) < 4.78 is 19.2. The van der Waals surface area contributed by atoms with E-state index in [1.54, 1.807) is 30.6 Å². The molecule has 0 radical (unpaired) electrons. The standard InChI is InChI=1S/C14H16FNOS/c1-16-12(8-10-6-7-18-9-10)14-11(15)4-3-5-13(14)17-2/h3-7,9,12,16H,8H2,1-2H3. The molecule has 2 aromatic rings. The summed E-state index contributed by atoms with van der Waals surface area (Å²) in [4.78, 5) is 0. The zero-order chi connectivity index (χ0) is 13.0. The van der Waals surface area contributed by atoms with E-state index in [-0.39, 0.29) is 11.9 Å². The highest BCUT2D eigenvalue weighted by Crippen LogP contribution is 2.30. The van der Waals surface area contributed by atoms with Crippen LogP contribution in [-0.2, 0) is 6.42 Å². The number of nitrogens with one attached hydrogen (secondary N) is 1. The van der Waals surface area contributed by atoms with Crippen molar-refractivity contribution in [3.8, 4) is 5.75 Å². The minimum atomic E-state index is -0.232. The first-order valence-corrected chi connectivity index (χ1v) is 6.71. The van der Waals surface area contributed by atoms with E-state index < -0.39 is 0 Å². The number of hydrogen-bond acceptors (Lipinski definition) is 3. The summed E-state index contributed by atoms with van der Waals surface area (Å²) in [6, 6.07) is 6.89. The van der Waals surface area contributed by atoms with Gasteiger partial charge in [0, 0.05) is 11.6 Å². The summed E-state index contributed by atoms with van der Waals surface area (Å²) in [6.45, 7) is 0. The summed E-state index contributed by atoms with van der Waals surface area (Å²) in [5, 5.41) is 7.27. The molecule has 1 N–H and O–H groups in total. The van der Waals surface area contributed by atoms with E-state index in [4.69, 9.17) is 4.74 Å². The molecule has 0 bridgehead atoms. The van der Waals surface area contributed by atoms with E-state index in [2.05, 4.69) is 16.8 Å². The monoisotopic (exact) mass is 265 g/mol. The van der Waals surface area contributed by atoms with Crippen LogP contribution in [0.2, 0.25) is 0 Å². The van der Waals surface area contributed by atoms with Gasteiger partial charge in [-0.05, 0) is 48.0 Å². The molecule has 0 saturated carbocycles. The van der Waals surface area contributed by atoms with Gasteiger partial charge in [0.15, 0.2) is 0 Å². The largest absolute Gasteiger partial charge is 0.496 e. The maximum absolute atomic E-state index is 14.0. The van der Waals surface area contributed by atoms with Gasteiger partial charge < -0.3 is 10.1 Å². The molecule has 1 unspecified atom stereocenters. The summed E-state index contributed by atoms with van der Waals surface area (Å²) in [5.41, 5.74) is 1.79. The van der Waals surface area contributed by atoms with Gasteiger partial charge in [-0.3, -0.25) is 0 Å². The van der Waals surface area contributed by atoms with E-state index in [0.29, 0.717) is 11.3 Å². The first-order valence-electron chi connectivity index (χ1n) is 5.77. The molecule has 18 heavy (non-hydrogen) atoms. The average Bonchev–Trinajstić information content (AvgIpc) is 2.89. The first kappa shape index (κ1) is 13.1. The minimum Gasteiger partial charge on any atom is -0.496 e. The molecule has 0 aliphatic carbocycles. The van der Waals surface area contributed by atoms with Crippen molar-refractivity contribution in [1.29, 1.82) is 0 Å². The van der Waals surface area contributed by atoms with Gasteiger partial charge >= 0.3 is 0 Å². The van der Waals surface area contributed by atoms with Crippen LogP contribution >= 0.6 is 11.3 Å². The van der Waals surface area contributed by atoms with Crippen molar-refractivity contribution in [2.75, 3.05) is 14.2 Å². The van der Waals surface area contributed by atoms with Gasteiger partial charge in [0.05, 0.1) is 7.11 Å². The lowest BCUT2D eigenvalue weighted by Gasteiger charge is -2.19. The second-order valence-corrected chi connectivity index (χ2v) is 4.81. The third-order valence-electron chi connectivity index (χ3n) is 2.95. The predicted molar refractivity (Wildman–Crippen MR) is 72.8 cm³/mol. The molecule has 0 aliphatic rings. The van der Waals surface area contributed by atoms with E-state index >= 15 is 0 Å². The quantitative estimate of drug-likeness (QED) is 0.894. The van der Waals surface area contributed by atoms with Gasteiger partial charge in [-0.2, -0.15) is 11.3 Å². The summed E-state index contributed by atoms with van der Waals surface area (Å²) in [7, 11) is 3.40.